The third-order valence-electron chi connectivity index (χ3n) is 2.31. The Kier molecular flexibility index (Phi) is 4.90. The molecule has 0 saturated heterocycles. The standard InChI is InChI=1S/C12H19N3O2/c1-8(2)6-9(13)7-14-12(17)10-4-3-5-11(16)15-10/h3-5,8-9H,6-7,13H2,1-2H3,(H,14,17)(H,15,16). The first-order valence-electron chi connectivity index (χ1n) is 5.72. The van der Waals surface area contributed by atoms with Crippen LogP contribution in [0.1, 0.15) is 30.8 Å². The molecule has 5 nitrogen and oxygen atoms in total. The van der Waals surface area contributed by atoms with Crippen molar-refractivity contribution in [1.82, 2.24) is 10.3 Å². The van der Waals surface area contributed by atoms with Gasteiger partial charge in [0.05, 0.1) is 0 Å². The number of hydrogen-bond donors (Lipinski definition) is 3. The number of nitrogens with two attached hydrogens (primary N) is 1. The molecule has 0 bridgehead atoms. The third-order valence-corrected chi connectivity index (χ3v) is 2.31. The van der Waals surface area contributed by atoms with Crippen LogP contribution in [0.4, 0.5) is 0 Å². The molecule has 1 rings (SSSR count). The Morgan fingerprint density at radius 1 is 1.47 bits per heavy atom. The van der Waals surface area contributed by atoms with Crippen LogP contribution in [-0.2, 0) is 0 Å². The Balaban J connectivity index is 2.47. The molecular weight excluding hydrogens is 218 g/mol. The summed E-state index contributed by atoms with van der Waals surface area (Å²) in [5.41, 5.74) is 5.81. The van der Waals surface area contributed by atoms with Crippen molar-refractivity contribution in [2.45, 2.75) is 26.3 Å². The van der Waals surface area contributed by atoms with E-state index >= 15 is 0 Å². The highest BCUT2D eigenvalue weighted by Crippen LogP contribution is 2.01. The minimum atomic E-state index is -0.304. The summed E-state index contributed by atoms with van der Waals surface area (Å²) in [5, 5.41) is 2.70. The van der Waals surface area contributed by atoms with Crippen molar-refractivity contribution in [3.8, 4) is 0 Å². The molecule has 1 unspecified atom stereocenters. The van der Waals surface area contributed by atoms with E-state index in [0.29, 0.717) is 12.5 Å². The minimum Gasteiger partial charge on any atom is -0.349 e. The zero-order chi connectivity index (χ0) is 12.8. The molecule has 1 amide bonds. The van der Waals surface area contributed by atoms with E-state index in [1.165, 1.54) is 6.07 Å². The largest absolute Gasteiger partial charge is 0.349 e. The van der Waals surface area contributed by atoms with Gasteiger partial charge >= 0.3 is 0 Å². The molecule has 1 aromatic rings. The van der Waals surface area contributed by atoms with Crippen molar-refractivity contribution in [3.63, 3.8) is 0 Å². The van der Waals surface area contributed by atoms with Gasteiger partial charge in [-0.3, -0.25) is 9.59 Å². The molecule has 0 aliphatic carbocycles. The number of carbonyl (C=O) groups excluding carboxylic acids is 1. The summed E-state index contributed by atoms with van der Waals surface area (Å²) >= 11 is 0. The van der Waals surface area contributed by atoms with Gasteiger partial charge in [-0.2, -0.15) is 0 Å². The van der Waals surface area contributed by atoms with Crippen LogP contribution in [0.3, 0.4) is 0 Å². The highest BCUT2D eigenvalue weighted by atomic mass is 16.2. The molecular formula is C12H19N3O2. The lowest BCUT2D eigenvalue weighted by atomic mass is 10.0. The lowest BCUT2D eigenvalue weighted by Crippen LogP contribution is -2.38. The first kappa shape index (κ1) is 13.4. The average Bonchev–Trinajstić information content (AvgIpc) is 2.25. The van der Waals surface area contributed by atoms with Crippen molar-refractivity contribution >= 4 is 5.91 Å². The van der Waals surface area contributed by atoms with Gasteiger partial charge in [0.15, 0.2) is 0 Å². The van der Waals surface area contributed by atoms with Gasteiger partial charge in [0.1, 0.15) is 5.69 Å². The number of rotatable bonds is 5. The smallest absolute Gasteiger partial charge is 0.267 e. The average molecular weight is 237 g/mol. The number of pyridine rings is 1. The molecule has 1 aromatic heterocycles. The molecule has 5 heteroatoms. The van der Waals surface area contributed by atoms with Crippen LogP contribution >= 0.6 is 0 Å². The van der Waals surface area contributed by atoms with E-state index in [4.69, 9.17) is 5.73 Å². The van der Waals surface area contributed by atoms with Crippen LogP contribution < -0.4 is 16.6 Å². The zero-order valence-electron chi connectivity index (χ0n) is 10.2. The molecule has 0 aliphatic heterocycles. The fourth-order valence-corrected chi connectivity index (χ4v) is 1.59. The predicted octanol–water partition coefficient (Wildman–Crippen LogP) is 0.478. The Bertz CT molecular complexity index is 426. The lowest BCUT2D eigenvalue weighted by Gasteiger charge is -2.14. The van der Waals surface area contributed by atoms with Crippen molar-refractivity contribution < 1.29 is 4.79 Å². The summed E-state index contributed by atoms with van der Waals surface area (Å²) < 4.78 is 0. The molecule has 0 aliphatic rings. The topological polar surface area (TPSA) is 88.0 Å². The molecule has 4 N–H and O–H groups in total. The van der Waals surface area contributed by atoms with Crippen LogP contribution in [0.15, 0.2) is 23.0 Å². The van der Waals surface area contributed by atoms with Gasteiger partial charge in [-0.15, -0.1) is 0 Å². The first-order valence-corrected chi connectivity index (χ1v) is 5.72. The van der Waals surface area contributed by atoms with Gasteiger partial charge < -0.3 is 16.0 Å². The van der Waals surface area contributed by atoms with E-state index < -0.39 is 0 Å². The number of amides is 1. The fourth-order valence-electron chi connectivity index (χ4n) is 1.59. The molecule has 0 spiro atoms. The Hall–Kier alpha value is -1.62. The molecule has 0 radical (unpaired) electrons. The second-order valence-corrected chi connectivity index (χ2v) is 4.53. The Morgan fingerprint density at radius 2 is 2.18 bits per heavy atom. The summed E-state index contributed by atoms with van der Waals surface area (Å²) in [4.78, 5) is 25.1. The van der Waals surface area contributed by atoms with Gasteiger partial charge in [0.2, 0.25) is 5.56 Å². The lowest BCUT2D eigenvalue weighted by molar-refractivity contribution is 0.0945. The highest BCUT2D eigenvalue weighted by molar-refractivity contribution is 5.92. The first-order chi connectivity index (χ1) is 7.99. The minimum absolute atomic E-state index is 0.0608. The van der Waals surface area contributed by atoms with E-state index in [1.807, 2.05) is 0 Å². The molecule has 0 aromatic carbocycles. The molecule has 1 heterocycles. The van der Waals surface area contributed by atoms with Gasteiger partial charge in [0, 0.05) is 18.7 Å². The van der Waals surface area contributed by atoms with Crippen molar-refractivity contribution in [3.05, 3.63) is 34.2 Å². The molecule has 1 atom stereocenters. The molecule has 0 saturated carbocycles. The highest BCUT2D eigenvalue weighted by Gasteiger charge is 2.09. The maximum absolute atomic E-state index is 11.7. The van der Waals surface area contributed by atoms with E-state index in [9.17, 15) is 9.59 Å². The number of H-pyrrole nitrogens is 1. The second kappa shape index (κ2) is 6.20. The summed E-state index contributed by atoms with van der Waals surface area (Å²) in [5.74, 6) is 0.195. The molecule has 0 fully saturated rings. The van der Waals surface area contributed by atoms with Gasteiger partial charge in [-0.05, 0) is 18.4 Å². The third kappa shape index (κ3) is 4.82. The van der Waals surface area contributed by atoms with Crippen molar-refractivity contribution in [2.24, 2.45) is 11.7 Å². The van der Waals surface area contributed by atoms with E-state index in [-0.39, 0.29) is 23.2 Å². The van der Waals surface area contributed by atoms with Crippen molar-refractivity contribution in [2.75, 3.05) is 6.54 Å². The summed E-state index contributed by atoms with van der Waals surface area (Å²) in [7, 11) is 0. The molecule has 94 valence electrons. The van der Waals surface area contributed by atoms with Crippen molar-refractivity contribution in [1.29, 1.82) is 0 Å². The number of carbonyl (C=O) groups is 1. The number of aromatic amines is 1. The van der Waals surface area contributed by atoms with Crippen LogP contribution in [-0.4, -0.2) is 23.5 Å². The van der Waals surface area contributed by atoms with Crippen LogP contribution in [0.5, 0.6) is 0 Å². The number of hydrogen-bond acceptors (Lipinski definition) is 3. The summed E-state index contributed by atoms with van der Waals surface area (Å²) in [6.07, 6.45) is 0.853. The second-order valence-electron chi connectivity index (χ2n) is 4.53. The maximum atomic E-state index is 11.7. The predicted molar refractivity (Wildman–Crippen MR) is 66.8 cm³/mol. The quantitative estimate of drug-likeness (QED) is 0.696. The van der Waals surface area contributed by atoms with Crippen LogP contribution in [0, 0.1) is 5.92 Å². The normalized spacial score (nSPS) is 12.5. The number of aromatic nitrogens is 1. The van der Waals surface area contributed by atoms with Gasteiger partial charge in [-0.25, -0.2) is 0 Å². The zero-order valence-corrected chi connectivity index (χ0v) is 10.2. The Labute approximate surface area is 100 Å². The van der Waals surface area contributed by atoms with E-state index in [0.717, 1.165) is 6.42 Å². The number of nitrogens with one attached hydrogen (secondary N) is 2. The van der Waals surface area contributed by atoms with Gasteiger partial charge in [-0.1, -0.05) is 19.9 Å². The maximum Gasteiger partial charge on any atom is 0.267 e. The summed E-state index contributed by atoms with van der Waals surface area (Å²) in [6, 6.07) is 4.41. The summed E-state index contributed by atoms with van der Waals surface area (Å²) in [6.45, 7) is 4.57. The van der Waals surface area contributed by atoms with Gasteiger partial charge in [0.25, 0.3) is 5.91 Å². The fraction of sp³-hybridized carbons (Fsp3) is 0.500. The molecule has 17 heavy (non-hydrogen) atoms. The Morgan fingerprint density at radius 3 is 2.76 bits per heavy atom. The van der Waals surface area contributed by atoms with E-state index in [1.54, 1.807) is 12.1 Å². The van der Waals surface area contributed by atoms with Crippen LogP contribution in [0.25, 0.3) is 0 Å². The van der Waals surface area contributed by atoms with E-state index in [2.05, 4.69) is 24.1 Å². The SMILES string of the molecule is CC(C)CC(N)CNC(=O)c1cccc(=O)[nH]1. The monoisotopic (exact) mass is 237 g/mol. The van der Waals surface area contributed by atoms with Crippen LogP contribution in [0.2, 0.25) is 0 Å².